The van der Waals surface area contributed by atoms with Crippen molar-refractivity contribution in [2.45, 2.75) is 24.0 Å². The van der Waals surface area contributed by atoms with Gasteiger partial charge in [-0.15, -0.1) is 11.8 Å². The van der Waals surface area contributed by atoms with Crippen LogP contribution in [0.25, 0.3) is 0 Å². The van der Waals surface area contributed by atoms with E-state index in [4.69, 9.17) is 11.6 Å². The highest BCUT2D eigenvalue weighted by Crippen LogP contribution is 2.36. The van der Waals surface area contributed by atoms with Crippen LogP contribution >= 0.6 is 23.4 Å². The maximum absolute atomic E-state index is 11.5. The molecule has 1 amide bonds. The summed E-state index contributed by atoms with van der Waals surface area (Å²) in [5, 5.41) is 6.75. The van der Waals surface area contributed by atoms with Gasteiger partial charge in [-0.05, 0) is 19.2 Å². The average Bonchev–Trinajstić information content (AvgIpc) is 2.23. The number of benzene rings is 1. The highest BCUT2D eigenvalue weighted by molar-refractivity contribution is 8.00. The Balaban J connectivity index is 2.90. The largest absolute Gasteiger partial charge is 0.324 e. The van der Waals surface area contributed by atoms with E-state index >= 15 is 0 Å². The summed E-state index contributed by atoms with van der Waals surface area (Å²) in [5.74, 6) is -0.0691. The molecule has 2 N–H and O–H groups in total. The molecular weight excluding hydrogens is 256 g/mol. The summed E-state index contributed by atoms with van der Waals surface area (Å²) in [4.78, 5) is 12.5. The summed E-state index contributed by atoms with van der Waals surface area (Å²) in [6.45, 7) is 4.47. The third-order valence-electron chi connectivity index (χ3n) is 1.93. The van der Waals surface area contributed by atoms with Crippen LogP contribution in [0.3, 0.4) is 0 Å². The molecule has 0 fully saturated rings. The first kappa shape index (κ1) is 14.4. The van der Waals surface area contributed by atoms with Crippen LogP contribution in [0.4, 0.5) is 5.69 Å². The van der Waals surface area contributed by atoms with Crippen molar-refractivity contribution in [1.29, 1.82) is 0 Å². The van der Waals surface area contributed by atoms with Crippen LogP contribution in [0, 0.1) is 0 Å². The molecule has 5 heteroatoms. The van der Waals surface area contributed by atoms with Crippen molar-refractivity contribution >= 4 is 35.0 Å². The molecule has 0 aliphatic carbocycles. The van der Waals surface area contributed by atoms with Crippen LogP contribution < -0.4 is 10.6 Å². The Morgan fingerprint density at radius 1 is 1.47 bits per heavy atom. The topological polar surface area (TPSA) is 41.1 Å². The molecule has 0 atom stereocenters. The number of hydrogen-bond donors (Lipinski definition) is 2. The van der Waals surface area contributed by atoms with Crippen molar-refractivity contribution in [2.75, 3.05) is 18.9 Å². The number of likely N-dealkylation sites (N-methyl/N-ethyl adjacent to an activating group) is 1. The molecule has 1 aromatic rings. The van der Waals surface area contributed by atoms with E-state index in [-0.39, 0.29) is 12.5 Å². The van der Waals surface area contributed by atoms with E-state index in [1.54, 1.807) is 18.8 Å². The fraction of sp³-hybridized carbons (Fsp3) is 0.417. The zero-order chi connectivity index (χ0) is 12.8. The standard InChI is InChI=1S/C12H17ClN2OS/c1-8(2)17-12-9(13)5-4-6-10(12)15-11(16)7-14-3/h4-6,8,14H,7H2,1-3H3,(H,15,16). The van der Waals surface area contributed by atoms with Gasteiger partial charge in [0, 0.05) is 10.1 Å². The summed E-state index contributed by atoms with van der Waals surface area (Å²) in [5.41, 5.74) is 0.774. The summed E-state index contributed by atoms with van der Waals surface area (Å²) in [7, 11) is 1.74. The number of rotatable bonds is 5. The molecule has 1 aromatic carbocycles. The second-order valence-corrected chi connectivity index (χ2v) is 5.86. The molecule has 0 saturated carbocycles. The Kier molecular flexibility index (Phi) is 5.82. The van der Waals surface area contributed by atoms with Gasteiger partial charge in [0.15, 0.2) is 0 Å². The smallest absolute Gasteiger partial charge is 0.238 e. The number of hydrogen-bond acceptors (Lipinski definition) is 3. The number of carbonyl (C=O) groups excluding carboxylic acids is 1. The lowest BCUT2D eigenvalue weighted by Gasteiger charge is -2.13. The van der Waals surface area contributed by atoms with Crippen LogP contribution in [-0.4, -0.2) is 24.7 Å². The fourth-order valence-corrected chi connectivity index (χ4v) is 2.52. The van der Waals surface area contributed by atoms with Gasteiger partial charge in [0.1, 0.15) is 0 Å². The van der Waals surface area contributed by atoms with Gasteiger partial charge in [-0.25, -0.2) is 0 Å². The number of anilines is 1. The minimum Gasteiger partial charge on any atom is -0.324 e. The first-order valence-electron chi connectivity index (χ1n) is 5.44. The predicted octanol–water partition coefficient (Wildman–Crippen LogP) is 3.00. The minimum absolute atomic E-state index is 0.0691. The third-order valence-corrected chi connectivity index (χ3v) is 3.51. The van der Waals surface area contributed by atoms with E-state index in [0.29, 0.717) is 10.3 Å². The van der Waals surface area contributed by atoms with Crippen molar-refractivity contribution in [2.24, 2.45) is 0 Å². The highest BCUT2D eigenvalue weighted by atomic mass is 35.5. The Hall–Kier alpha value is -0.710. The van der Waals surface area contributed by atoms with Gasteiger partial charge in [-0.2, -0.15) is 0 Å². The number of nitrogens with one attached hydrogen (secondary N) is 2. The molecule has 0 spiro atoms. The van der Waals surface area contributed by atoms with Crippen molar-refractivity contribution in [1.82, 2.24) is 5.32 Å². The molecule has 0 unspecified atom stereocenters. The molecule has 0 aromatic heterocycles. The zero-order valence-corrected chi connectivity index (χ0v) is 11.8. The third kappa shape index (κ3) is 4.58. The van der Waals surface area contributed by atoms with Crippen molar-refractivity contribution < 1.29 is 4.79 Å². The molecule has 1 rings (SSSR count). The summed E-state index contributed by atoms with van der Waals surface area (Å²) < 4.78 is 0. The minimum atomic E-state index is -0.0691. The van der Waals surface area contributed by atoms with Crippen LogP contribution in [0.2, 0.25) is 5.02 Å². The second-order valence-electron chi connectivity index (χ2n) is 3.86. The molecular formula is C12H17ClN2OS. The Morgan fingerprint density at radius 3 is 2.76 bits per heavy atom. The number of thioether (sulfide) groups is 1. The van der Waals surface area contributed by atoms with Gasteiger partial charge in [0.2, 0.25) is 5.91 Å². The molecule has 0 aliphatic heterocycles. The molecule has 3 nitrogen and oxygen atoms in total. The molecule has 94 valence electrons. The lowest BCUT2D eigenvalue weighted by atomic mass is 10.3. The molecule has 0 aliphatic rings. The first-order chi connectivity index (χ1) is 8.04. The van der Waals surface area contributed by atoms with E-state index < -0.39 is 0 Å². The summed E-state index contributed by atoms with van der Waals surface area (Å²) in [6, 6.07) is 5.53. The van der Waals surface area contributed by atoms with Gasteiger partial charge in [0.25, 0.3) is 0 Å². The van der Waals surface area contributed by atoms with Crippen LogP contribution in [-0.2, 0) is 4.79 Å². The van der Waals surface area contributed by atoms with E-state index in [2.05, 4.69) is 24.5 Å². The molecule has 0 bridgehead atoms. The average molecular weight is 273 g/mol. The van der Waals surface area contributed by atoms with Gasteiger partial charge < -0.3 is 10.6 Å². The van der Waals surface area contributed by atoms with Crippen LogP contribution in [0.1, 0.15) is 13.8 Å². The summed E-state index contributed by atoms with van der Waals surface area (Å²) >= 11 is 7.79. The monoisotopic (exact) mass is 272 g/mol. The number of halogens is 1. The molecule has 0 saturated heterocycles. The van der Waals surface area contributed by atoms with Gasteiger partial charge in [0.05, 0.1) is 17.3 Å². The Morgan fingerprint density at radius 2 is 2.18 bits per heavy atom. The van der Waals surface area contributed by atoms with Crippen molar-refractivity contribution in [3.63, 3.8) is 0 Å². The Bertz CT molecular complexity index is 396. The van der Waals surface area contributed by atoms with E-state index in [0.717, 1.165) is 10.6 Å². The van der Waals surface area contributed by atoms with E-state index in [9.17, 15) is 4.79 Å². The van der Waals surface area contributed by atoms with Crippen LogP contribution in [0.5, 0.6) is 0 Å². The predicted molar refractivity (Wildman–Crippen MR) is 75.0 cm³/mol. The molecule has 0 heterocycles. The van der Waals surface area contributed by atoms with Gasteiger partial charge in [-0.1, -0.05) is 31.5 Å². The quantitative estimate of drug-likeness (QED) is 0.810. The van der Waals surface area contributed by atoms with Crippen molar-refractivity contribution in [3.05, 3.63) is 23.2 Å². The summed E-state index contributed by atoms with van der Waals surface area (Å²) in [6.07, 6.45) is 0. The van der Waals surface area contributed by atoms with E-state index in [1.807, 2.05) is 18.2 Å². The highest BCUT2D eigenvalue weighted by Gasteiger charge is 2.11. The van der Waals surface area contributed by atoms with Gasteiger partial charge in [-0.3, -0.25) is 4.79 Å². The van der Waals surface area contributed by atoms with Crippen molar-refractivity contribution in [3.8, 4) is 0 Å². The van der Waals surface area contributed by atoms with Gasteiger partial charge >= 0.3 is 0 Å². The zero-order valence-electron chi connectivity index (χ0n) is 10.2. The molecule has 17 heavy (non-hydrogen) atoms. The number of amides is 1. The maximum Gasteiger partial charge on any atom is 0.238 e. The SMILES string of the molecule is CNCC(=O)Nc1cccc(Cl)c1SC(C)C. The fourth-order valence-electron chi connectivity index (χ4n) is 1.32. The molecule has 0 radical (unpaired) electrons. The van der Waals surface area contributed by atoms with E-state index in [1.165, 1.54) is 0 Å². The second kappa shape index (κ2) is 6.89. The maximum atomic E-state index is 11.5. The first-order valence-corrected chi connectivity index (χ1v) is 6.70. The normalized spacial score (nSPS) is 10.6. The van der Waals surface area contributed by atoms with Crippen LogP contribution in [0.15, 0.2) is 23.1 Å². The number of carbonyl (C=O) groups is 1. The lowest BCUT2D eigenvalue weighted by molar-refractivity contribution is -0.115. The Labute approximate surface area is 111 Å². The lowest BCUT2D eigenvalue weighted by Crippen LogP contribution is -2.25.